The summed E-state index contributed by atoms with van der Waals surface area (Å²) in [5.41, 5.74) is 4.21. The molecule has 3 aromatic rings. The maximum atomic E-state index is 5.66. The van der Waals surface area contributed by atoms with Gasteiger partial charge in [0.2, 0.25) is 5.89 Å². The number of rotatable bonds is 10. The Morgan fingerprint density at radius 2 is 1.88 bits per heavy atom. The Hall–Kier alpha value is -2.75. The van der Waals surface area contributed by atoms with Crippen LogP contribution in [0.2, 0.25) is 0 Å². The van der Waals surface area contributed by atoms with Crippen molar-refractivity contribution >= 4 is 29.9 Å². The molecule has 0 unspecified atom stereocenters. The van der Waals surface area contributed by atoms with E-state index < -0.39 is 0 Å². The van der Waals surface area contributed by atoms with Crippen molar-refractivity contribution in [2.24, 2.45) is 4.99 Å². The lowest BCUT2D eigenvalue weighted by Gasteiger charge is -2.12. The minimum atomic E-state index is 0. The van der Waals surface area contributed by atoms with Crippen molar-refractivity contribution in [1.29, 1.82) is 0 Å². The van der Waals surface area contributed by atoms with Gasteiger partial charge in [0.15, 0.2) is 17.5 Å². The third-order valence-corrected chi connectivity index (χ3v) is 4.97. The van der Waals surface area contributed by atoms with Crippen LogP contribution in [0.25, 0.3) is 11.5 Å². The molecule has 2 aromatic carbocycles. The van der Waals surface area contributed by atoms with Crippen LogP contribution in [0.3, 0.4) is 0 Å². The number of methoxy groups -OCH3 is 1. The van der Waals surface area contributed by atoms with Crippen LogP contribution >= 0.6 is 24.0 Å². The Morgan fingerprint density at radius 3 is 2.58 bits per heavy atom. The maximum Gasteiger partial charge on any atom is 0.226 e. The third-order valence-electron chi connectivity index (χ3n) is 4.97. The summed E-state index contributed by atoms with van der Waals surface area (Å²) in [6.45, 7) is 5.97. The largest absolute Gasteiger partial charge is 0.493 e. The number of halogens is 1. The normalized spacial score (nSPS) is 11.0. The van der Waals surface area contributed by atoms with Crippen LogP contribution in [0.1, 0.15) is 30.2 Å². The fraction of sp³-hybridized carbons (Fsp3) is 0.360. The van der Waals surface area contributed by atoms with E-state index in [2.05, 4.69) is 33.6 Å². The first-order valence-electron chi connectivity index (χ1n) is 10.9. The molecule has 0 aliphatic carbocycles. The minimum Gasteiger partial charge on any atom is -0.493 e. The molecule has 0 spiro atoms. The van der Waals surface area contributed by atoms with E-state index in [1.807, 2.05) is 43.3 Å². The number of nitrogens with zero attached hydrogens (tertiary/aromatic N) is 2. The molecule has 0 aliphatic rings. The van der Waals surface area contributed by atoms with Crippen molar-refractivity contribution in [3.05, 3.63) is 65.5 Å². The van der Waals surface area contributed by atoms with Gasteiger partial charge in [0.05, 0.1) is 26.0 Å². The summed E-state index contributed by atoms with van der Waals surface area (Å²) in [6, 6.07) is 14.2. The molecule has 0 fully saturated rings. The van der Waals surface area contributed by atoms with Crippen molar-refractivity contribution in [3.63, 3.8) is 0 Å². The number of ether oxygens (including phenoxy) is 2. The number of aryl methyl sites for hydroxylation is 2. The SMILES string of the molecule is CCOc1cc(CCCNC(=NC)NCc2coc(-c3ccc(C)cc3)n2)ccc1OC.I. The molecule has 0 radical (unpaired) electrons. The molecule has 33 heavy (non-hydrogen) atoms. The number of aliphatic imine (C=N–C) groups is 1. The summed E-state index contributed by atoms with van der Waals surface area (Å²) in [6.07, 6.45) is 3.56. The van der Waals surface area contributed by atoms with Gasteiger partial charge in [-0.15, -0.1) is 24.0 Å². The number of guanidine groups is 1. The van der Waals surface area contributed by atoms with Crippen LogP contribution in [-0.4, -0.2) is 38.3 Å². The summed E-state index contributed by atoms with van der Waals surface area (Å²) in [7, 11) is 3.41. The van der Waals surface area contributed by atoms with E-state index in [0.29, 0.717) is 19.0 Å². The Bertz CT molecular complexity index is 1020. The van der Waals surface area contributed by atoms with Gasteiger partial charge in [0.25, 0.3) is 0 Å². The van der Waals surface area contributed by atoms with Crippen molar-refractivity contribution < 1.29 is 13.9 Å². The van der Waals surface area contributed by atoms with E-state index in [0.717, 1.165) is 48.1 Å². The molecular weight excluding hydrogens is 531 g/mol. The van der Waals surface area contributed by atoms with Crippen LogP contribution in [0.5, 0.6) is 11.5 Å². The zero-order valence-corrected chi connectivity index (χ0v) is 22.0. The molecular formula is C25H33IN4O3. The third kappa shape index (κ3) is 7.96. The Balaban J connectivity index is 0.00000385. The number of oxazole rings is 1. The van der Waals surface area contributed by atoms with Crippen molar-refractivity contribution in [3.8, 4) is 23.0 Å². The highest BCUT2D eigenvalue weighted by atomic mass is 127. The monoisotopic (exact) mass is 564 g/mol. The average Bonchev–Trinajstić information content (AvgIpc) is 3.28. The van der Waals surface area contributed by atoms with E-state index in [9.17, 15) is 0 Å². The van der Waals surface area contributed by atoms with Gasteiger partial charge in [0, 0.05) is 19.2 Å². The molecule has 0 saturated heterocycles. The molecule has 0 atom stereocenters. The molecule has 8 heteroatoms. The van der Waals surface area contributed by atoms with E-state index in [4.69, 9.17) is 13.9 Å². The highest BCUT2D eigenvalue weighted by molar-refractivity contribution is 14.0. The van der Waals surface area contributed by atoms with E-state index in [1.165, 1.54) is 11.1 Å². The first-order chi connectivity index (χ1) is 15.6. The lowest BCUT2D eigenvalue weighted by atomic mass is 10.1. The second kappa shape index (κ2) is 13.7. The number of benzene rings is 2. The lowest BCUT2D eigenvalue weighted by Crippen LogP contribution is -2.37. The topological polar surface area (TPSA) is 80.9 Å². The van der Waals surface area contributed by atoms with Crippen molar-refractivity contribution in [2.45, 2.75) is 33.2 Å². The number of nitrogens with one attached hydrogen (secondary N) is 2. The Kier molecular flexibility index (Phi) is 11.0. The Morgan fingerprint density at radius 1 is 1.09 bits per heavy atom. The van der Waals surface area contributed by atoms with Gasteiger partial charge in [-0.3, -0.25) is 4.99 Å². The predicted molar refractivity (Wildman–Crippen MR) is 143 cm³/mol. The molecule has 2 N–H and O–H groups in total. The highest BCUT2D eigenvalue weighted by Crippen LogP contribution is 2.28. The molecule has 0 saturated carbocycles. The summed E-state index contributed by atoms with van der Waals surface area (Å²) in [4.78, 5) is 8.84. The maximum absolute atomic E-state index is 5.66. The quantitative estimate of drug-likeness (QED) is 0.157. The second-order valence-corrected chi connectivity index (χ2v) is 7.38. The lowest BCUT2D eigenvalue weighted by molar-refractivity contribution is 0.310. The van der Waals surface area contributed by atoms with Crippen LogP contribution in [0, 0.1) is 6.92 Å². The van der Waals surface area contributed by atoms with Crippen LogP contribution in [0.15, 0.2) is 58.1 Å². The van der Waals surface area contributed by atoms with E-state index in [-0.39, 0.29) is 24.0 Å². The fourth-order valence-electron chi connectivity index (χ4n) is 3.26. The predicted octanol–water partition coefficient (Wildman–Crippen LogP) is 4.97. The molecule has 1 heterocycles. The summed E-state index contributed by atoms with van der Waals surface area (Å²) >= 11 is 0. The van der Waals surface area contributed by atoms with Crippen LogP contribution in [0.4, 0.5) is 0 Å². The molecule has 7 nitrogen and oxygen atoms in total. The van der Waals surface area contributed by atoms with E-state index in [1.54, 1.807) is 20.4 Å². The number of hydrogen-bond acceptors (Lipinski definition) is 5. The number of hydrogen-bond donors (Lipinski definition) is 2. The van der Waals surface area contributed by atoms with Gasteiger partial charge in [-0.1, -0.05) is 23.8 Å². The van der Waals surface area contributed by atoms with Gasteiger partial charge in [-0.05, 0) is 56.5 Å². The smallest absolute Gasteiger partial charge is 0.226 e. The molecule has 0 amide bonds. The van der Waals surface area contributed by atoms with Crippen LogP contribution in [-0.2, 0) is 13.0 Å². The van der Waals surface area contributed by atoms with Gasteiger partial charge < -0.3 is 24.5 Å². The highest BCUT2D eigenvalue weighted by Gasteiger charge is 2.08. The number of aromatic nitrogens is 1. The van der Waals surface area contributed by atoms with Gasteiger partial charge in [-0.2, -0.15) is 0 Å². The Labute approximate surface area is 213 Å². The summed E-state index contributed by atoms with van der Waals surface area (Å²) < 4.78 is 16.6. The summed E-state index contributed by atoms with van der Waals surface area (Å²) in [5.74, 6) is 2.90. The second-order valence-electron chi connectivity index (χ2n) is 7.38. The molecule has 178 valence electrons. The van der Waals surface area contributed by atoms with Gasteiger partial charge in [-0.25, -0.2) is 4.98 Å². The first-order valence-corrected chi connectivity index (χ1v) is 10.9. The molecule has 3 rings (SSSR count). The fourth-order valence-corrected chi connectivity index (χ4v) is 3.26. The molecule has 0 bridgehead atoms. The minimum absolute atomic E-state index is 0. The van der Waals surface area contributed by atoms with Gasteiger partial charge in [0.1, 0.15) is 6.26 Å². The standard InChI is InChI=1S/C25H32N4O3.HI/c1-5-31-23-15-19(10-13-22(23)30-4)7-6-14-27-25(26-3)28-16-21-17-32-24(29-21)20-11-8-18(2)9-12-20;/h8-13,15,17H,5-7,14,16H2,1-4H3,(H2,26,27,28);1H. The zero-order valence-electron chi connectivity index (χ0n) is 19.7. The molecule has 0 aliphatic heterocycles. The van der Waals surface area contributed by atoms with Gasteiger partial charge >= 0.3 is 0 Å². The zero-order chi connectivity index (χ0) is 22.8. The summed E-state index contributed by atoms with van der Waals surface area (Å²) in [5, 5.41) is 6.62. The average molecular weight is 564 g/mol. The van der Waals surface area contributed by atoms with Crippen molar-refractivity contribution in [1.82, 2.24) is 15.6 Å². The van der Waals surface area contributed by atoms with Crippen molar-refractivity contribution in [2.75, 3.05) is 27.3 Å². The van der Waals surface area contributed by atoms with E-state index >= 15 is 0 Å². The molecule has 1 aromatic heterocycles. The first kappa shape index (κ1) is 26.5. The van der Waals surface area contributed by atoms with Crippen LogP contribution < -0.4 is 20.1 Å².